The van der Waals surface area contributed by atoms with E-state index in [0.29, 0.717) is 22.2 Å². The van der Waals surface area contributed by atoms with Crippen LogP contribution in [0.15, 0.2) is 48.5 Å². The molecule has 4 nitrogen and oxygen atoms in total. The minimum Gasteiger partial charge on any atom is -0.457 e. The Bertz CT molecular complexity index is 686. The van der Waals surface area contributed by atoms with E-state index in [2.05, 4.69) is 4.72 Å². The number of rotatable bonds is 4. The normalized spacial score (nSPS) is 11.1. The zero-order valence-electron chi connectivity index (χ0n) is 10.1. The first-order valence-corrected chi connectivity index (χ1v) is 7.71. The molecule has 0 saturated carbocycles. The Morgan fingerprint density at radius 2 is 1.68 bits per heavy atom. The number of nitrogens with one attached hydrogen (secondary N) is 1. The maximum absolute atomic E-state index is 11.1. The van der Waals surface area contributed by atoms with Crippen LogP contribution in [0.3, 0.4) is 0 Å². The molecule has 1 N–H and O–H groups in total. The SMILES string of the molecule is CS(=O)(=O)Nc1cccc(Oc2cccc(Cl)c2)c1. The number of hydrogen-bond donors (Lipinski definition) is 1. The Labute approximate surface area is 117 Å². The van der Waals surface area contributed by atoms with Crippen molar-refractivity contribution in [2.45, 2.75) is 0 Å². The Morgan fingerprint density at radius 1 is 1.05 bits per heavy atom. The molecule has 2 aromatic rings. The van der Waals surface area contributed by atoms with E-state index in [1.54, 1.807) is 48.5 Å². The molecule has 0 aliphatic carbocycles. The molecule has 0 radical (unpaired) electrons. The van der Waals surface area contributed by atoms with Crippen molar-refractivity contribution in [2.24, 2.45) is 0 Å². The second-order valence-corrected chi connectivity index (χ2v) is 6.15. The van der Waals surface area contributed by atoms with Crippen molar-refractivity contribution in [3.8, 4) is 11.5 Å². The van der Waals surface area contributed by atoms with Crippen molar-refractivity contribution in [2.75, 3.05) is 11.0 Å². The van der Waals surface area contributed by atoms with Crippen molar-refractivity contribution in [3.05, 3.63) is 53.6 Å². The highest BCUT2D eigenvalue weighted by atomic mass is 35.5. The van der Waals surface area contributed by atoms with Crippen LogP contribution in [0.25, 0.3) is 0 Å². The minimum atomic E-state index is -3.30. The smallest absolute Gasteiger partial charge is 0.229 e. The van der Waals surface area contributed by atoms with Crippen molar-refractivity contribution >= 4 is 27.3 Å². The second kappa shape index (κ2) is 5.50. The highest BCUT2D eigenvalue weighted by Crippen LogP contribution is 2.26. The summed E-state index contributed by atoms with van der Waals surface area (Å²) in [4.78, 5) is 0. The molecule has 0 aromatic heterocycles. The highest BCUT2D eigenvalue weighted by molar-refractivity contribution is 7.92. The third-order valence-corrected chi connectivity index (χ3v) is 3.01. The van der Waals surface area contributed by atoms with Gasteiger partial charge in [0.2, 0.25) is 10.0 Å². The third kappa shape index (κ3) is 4.46. The molecule has 2 aromatic carbocycles. The Kier molecular flexibility index (Phi) is 3.97. The summed E-state index contributed by atoms with van der Waals surface area (Å²) in [6.07, 6.45) is 1.09. The molecule has 0 fully saturated rings. The number of hydrogen-bond acceptors (Lipinski definition) is 3. The number of anilines is 1. The molecule has 0 amide bonds. The van der Waals surface area contributed by atoms with Crippen molar-refractivity contribution < 1.29 is 13.2 Å². The zero-order valence-corrected chi connectivity index (χ0v) is 11.7. The van der Waals surface area contributed by atoms with Gasteiger partial charge >= 0.3 is 0 Å². The standard InChI is InChI=1S/C13H12ClNO3S/c1-19(16,17)15-11-5-3-7-13(9-11)18-12-6-2-4-10(14)8-12/h2-9,15H,1H3. The summed E-state index contributed by atoms with van der Waals surface area (Å²) in [6, 6.07) is 13.6. The first-order chi connectivity index (χ1) is 8.92. The van der Waals surface area contributed by atoms with Gasteiger partial charge in [-0.1, -0.05) is 23.7 Å². The number of sulfonamides is 1. The Balaban J connectivity index is 2.20. The minimum absolute atomic E-state index is 0.446. The lowest BCUT2D eigenvalue weighted by Crippen LogP contribution is -2.09. The van der Waals surface area contributed by atoms with E-state index in [4.69, 9.17) is 16.3 Å². The summed E-state index contributed by atoms with van der Waals surface area (Å²) in [7, 11) is -3.30. The number of halogens is 1. The fourth-order valence-electron chi connectivity index (χ4n) is 1.50. The fraction of sp³-hybridized carbons (Fsp3) is 0.0769. The molecule has 0 saturated heterocycles. The van der Waals surface area contributed by atoms with E-state index >= 15 is 0 Å². The van der Waals surface area contributed by atoms with Crippen LogP contribution >= 0.6 is 11.6 Å². The van der Waals surface area contributed by atoms with E-state index < -0.39 is 10.0 Å². The predicted octanol–water partition coefficient (Wildman–Crippen LogP) is 3.50. The van der Waals surface area contributed by atoms with Crippen molar-refractivity contribution in [1.29, 1.82) is 0 Å². The lowest BCUT2D eigenvalue weighted by molar-refractivity contribution is 0.483. The van der Waals surface area contributed by atoms with Gasteiger partial charge in [0, 0.05) is 11.1 Å². The van der Waals surface area contributed by atoms with Crippen LogP contribution in [0.2, 0.25) is 5.02 Å². The van der Waals surface area contributed by atoms with Gasteiger partial charge in [0.1, 0.15) is 11.5 Å². The quantitative estimate of drug-likeness (QED) is 0.939. The molecule has 0 bridgehead atoms. The Morgan fingerprint density at radius 3 is 2.32 bits per heavy atom. The van der Waals surface area contributed by atoms with Gasteiger partial charge in [-0.05, 0) is 30.3 Å². The summed E-state index contributed by atoms with van der Waals surface area (Å²) in [5.41, 5.74) is 0.446. The monoisotopic (exact) mass is 297 g/mol. The van der Waals surface area contributed by atoms with Crippen molar-refractivity contribution in [1.82, 2.24) is 0 Å². The van der Waals surface area contributed by atoms with E-state index in [1.165, 1.54) is 0 Å². The van der Waals surface area contributed by atoms with Gasteiger partial charge in [-0.25, -0.2) is 8.42 Å². The van der Waals surface area contributed by atoms with Crippen LogP contribution in [-0.4, -0.2) is 14.7 Å². The van der Waals surface area contributed by atoms with Crippen molar-refractivity contribution in [3.63, 3.8) is 0 Å². The summed E-state index contributed by atoms with van der Waals surface area (Å²) >= 11 is 5.86. The van der Waals surface area contributed by atoms with E-state index in [0.717, 1.165) is 6.26 Å². The van der Waals surface area contributed by atoms with Gasteiger partial charge in [0.25, 0.3) is 0 Å². The largest absolute Gasteiger partial charge is 0.457 e. The van der Waals surface area contributed by atoms with Crippen LogP contribution in [0, 0.1) is 0 Å². The lowest BCUT2D eigenvalue weighted by atomic mass is 10.3. The zero-order chi connectivity index (χ0) is 13.9. The summed E-state index contributed by atoms with van der Waals surface area (Å²) in [6.45, 7) is 0. The van der Waals surface area contributed by atoms with Crippen LogP contribution < -0.4 is 9.46 Å². The lowest BCUT2D eigenvalue weighted by Gasteiger charge is -2.08. The molecule has 0 aliphatic rings. The second-order valence-electron chi connectivity index (χ2n) is 3.96. The maximum atomic E-state index is 11.1. The first kappa shape index (κ1) is 13.7. The first-order valence-electron chi connectivity index (χ1n) is 5.44. The summed E-state index contributed by atoms with van der Waals surface area (Å²) < 4.78 is 30.3. The third-order valence-electron chi connectivity index (χ3n) is 2.17. The van der Waals surface area contributed by atoms with Gasteiger partial charge in [0.15, 0.2) is 0 Å². The molecule has 2 rings (SSSR count). The van der Waals surface area contributed by atoms with Gasteiger partial charge in [-0.15, -0.1) is 0 Å². The molecule has 19 heavy (non-hydrogen) atoms. The molecular weight excluding hydrogens is 286 g/mol. The van der Waals surface area contributed by atoms with Crippen LogP contribution in [-0.2, 0) is 10.0 Å². The Hall–Kier alpha value is -1.72. The fourth-order valence-corrected chi connectivity index (χ4v) is 2.24. The predicted molar refractivity (Wildman–Crippen MR) is 76.4 cm³/mol. The summed E-state index contributed by atoms with van der Waals surface area (Å²) in [5.74, 6) is 1.11. The topological polar surface area (TPSA) is 55.4 Å². The molecule has 0 spiro atoms. The van der Waals surface area contributed by atoms with Gasteiger partial charge in [-0.3, -0.25) is 4.72 Å². The summed E-state index contributed by atoms with van der Waals surface area (Å²) in [5, 5.41) is 0.572. The maximum Gasteiger partial charge on any atom is 0.229 e. The van der Waals surface area contributed by atoms with E-state index in [9.17, 15) is 8.42 Å². The van der Waals surface area contributed by atoms with Crippen LogP contribution in [0.5, 0.6) is 11.5 Å². The average molecular weight is 298 g/mol. The van der Waals surface area contributed by atoms with Gasteiger partial charge in [0.05, 0.1) is 11.9 Å². The molecule has 100 valence electrons. The molecule has 0 atom stereocenters. The molecular formula is C13H12ClNO3S. The molecule has 6 heteroatoms. The van der Waals surface area contributed by atoms with E-state index in [-0.39, 0.29) is 0 Å². The van der Waals surface area contributed by atoms with Crippen LogP contribution in [0.1, 0.15) is 0 Å². The molecule has 0 aliphatic heterocycles. The van der Waals surface area contributed by atoms with Crippen LogP contribution in [0.4, 0.5) is 5.69 Å². The van der Waals surface area contributed by atoms with E-state index in [1.807, 2.05) is 0 Å². The molecule has 0 heterocycles. The van der Waals surface area contributed by atoms with Gasteiger partial charge < -0.3 is 4.74 Å². The van der Waals surface area contributed by atoms with Gasteiger partial charge in [-0.2, -0.15) is 0 Å². The number of ether oxygens (including phenoxy) is 1. The average Bonchev–Trinajstić information content (AvgIpc) is 2.27. The highest BCUT2D eigenvalue weighted by Gasteiger charge is 2.04. The molecule has 0 unspecified atom stereocenters. The number of benzene rings is 2.